The molecule has 1 atom stereocenters. The molecule has 0 aliphatic carbocycles. The van der Waals surface area contributed by atoms with Gasteiger partial charge in [0.05, 0.1) is 23.7 Å². The average Bonchev–Trinajstić information content (AvgIpc) is 2.30. The number of nitriles is 2. The Balaban J connectivity index is 2.89. The SMILES string of the molecule is CCC(CC#N)Nc1ccc(Br)cc1C#N. The lowest BCUT2D eigenvalue weighted by molar-refractivity contribution is 0.711. The van der Waals surface area contributed by atoms with E-state index in [2.05, 4.69) is 33.4 Å². The van der Waals surface area contributed by atoms with E-state index in [-0.39, 0.29) is 6.04 Å². The molecule has 0 radical (unpaired) electrons. The van der Waals surface area contributed by atoms with Gasteiger partial charge in [-0.05, 0) is 24.6 Å². The first-order valence-corrected chi connectivity index (χ1v) is 5.83. The van der Waals surface area contributed by atoms with Gasteiger partial charge in [-0.15, -0.1) is 0 Å². The number of benzene rings is 1. The molecular formula is C12H12BrN3. The highest BCUT2D eigenvalue weighted by molar-refractivity contribution is 9.10. The van der Waals surface area contributed by atoms with Crippen LogP contribution >= 0.6 is 15.9 Å². The van der Waals surface area contributed by atoms with Crippen molar-refractivity contribution in [1.29, 1.82) is 10.5 Å². The number of nitrogens with zero attached hydrogens (tertiary/aromatic N) is 2. The van der Waals surface area contributed by atoms with E-state index in [1.165, 1.54) is 0 Å². The fraction of sp³-hybridized carbons (Fsp3) is 0.333. The van der Waals surface area contributed by atoms with Gasteiger partial charge in [-0.1, -0.05) is 22.9 Å². The molecule has 0 aromatic heterocycles. The molecule has 3 nitrogen and oxygen atoms in total. The van der Waals surface area contributed by atoms with E-state index in [0.717, 1.165) is 16.6 Å². The molecule has 1 unspecified atom stereocenters. The minimum atomic E-state index is 0.0956. The zero-order valence-electron chi connectivity index (χ0n) is 9.00. The van der Waals surface area contributed by atoms with Gasteiger partial charge in [0.15, 0.2) is 0 Å². The highest BCUT2D eigenvalue weighted by Gasteiger charge is 2.08. The Kier molecular flexibility index (Phi) is 4.82. The fourth-order valence-corrected chi connectivity index (χ4v) is 1.72. The fourth-order valence-electron chi connectivity index (χ4n) is 1.36. The zero-order chi connectivity index (χ0) is 12.0. The molecule has 0 saturated carbocycles. The van der Waals surface area contributed by atoms with Crippen molar-refractivity contribution < 1.29 is 0 Å². The minimum absolute atomic E-state index is 0.0956. The van der Waals surface area contributed by atoms with Crippen LogP contribution in [-0.2, 0) is 0 Å². The summed E-state index contributed by atoms with van der Waals surface area (Å²) in [6.07, 6.45) is 1.30. The normalized spacial score (nSPS) is 11.2. The number of halogens is 1. The molecule has 0 saturated heterocycles. The van der Waals surface area contributed by atoms with Crippen LogP contribution in [0.5, 0.6) is 0 Å². The predicted molar refractivity (Wildman–Crippen MR) is 66.8 cm³/mol. The molecule has 0 fully saturated rings. The molecule has 0 heterocycles. The highest BCUT2D eigenvalue weighted by Crippen LogP contribution is 2.21. The van der Waals surface area contributed by atoms with Crippen molar-refractivity contribution in [2.24, 2.45) is 0 Å². The molecule has 0 amide bonds. The van der Waals surface area contributed by atoms with Crippen LogP contribution in [0.15, 0.2) is 22.7 Å². The molecule has 1 aromatic rings. The van der Waals surface area contributed by atoms with Crippen LogP contribution < -0.4 is 5.32 Å². The Morgan fingerprint density at radius 2 is 2.19 bits per heavy atom. The van der Waals surface area contributed by atoms with Crippen LogP contribution in [0.1, 0.15) is 25.3 Å². The molecule has 82 valence electrons. The summed E-state index contributed by atoms with van der Waals surface area (Å²) < 4.78 is 0.878. The summed E-state index contributed by atoms with van der Waals surface area (Å²) in [6.45, 7) is 2.01. The Morgan fingerprint density at radius 3 is 2.75 bits per heavy atom. The molecule has 0 bridgehead atoms. The quantitative estimate of drug-likeness (QED) is 0.917. The van der Waals surface area contributed by atoms with Crippen molar-refractivity contribution in [3.8, 4) is 12.1 Å². The molecule has 1 rings (SSSR count). The van der Waals surface area contributed by atoms with Crippen LogP contribution in [0.3, 0.4) is 0 Å². The Bertz CT molecular complexity index is 443. The maximum Gasteiger partial charge on any atom is 0.101 e. The van der Waals surface area contributed by atoms with Gasteiger partial charge in [-0.2, -0.15) is 10.5 Å². The molecule has 1 aromatic carbocycles. The summed E-state index contributed by atoms with van der Waals surface area (Å²) in [4.78, 5) is 0. The number of hydrogen-bond acceptors (Lipinski definition) is 3. The number of hydrogen-bond donors (Lipinski definition) is 1. The van der Waals surface area contributed by atoms with E-state index in [0.29, 0.717) is 12.0 Å². The molecule has 1 N–H and O–H groups in total. The first-order chi connectivity index (χ1) is 7.71. The van der Waals surface area contributed by atoms with Gasteiger partial charge in [0.25, 0.3) is 0 Å². The largest absolute Gasteiger partial charge is 0.380 e. The van der Waals surface area contributed by atoms with Crippen molar-refractivity contribution in [3.63, 3.8) is 0 Å². The van der Waals surface area contributed by atoms with Crippen LogP contribution in [0.25, 0.3) is 0 Å². The monoisotopic (exact) mass is 277 g/mol. The summed E-state index contributed by atoms with van der Waals surface area (Å²) in [7, 11) is 0. The first-order valence-electron chi connectivity index (χ1n) is 5.04. The second-order valence-electron chi connectivity index (χ2n) is 3.41. The van der Waals surface area contributed by atoms with Crippen LogP contribution in [-0.4, -0.2) is 6.04 Å². The Hall–Kier alpha value is -1.52. The lowest BCUT2D eigenvalue weighted by atomic mass is 10.1. The van der Waals surface area contributed by atoms with Gasteiger partial charge in [0, 0.05) is 10.5 Å². The zero-order valence-corrected chi connectivity index (χ0v) is 10.6. The lowest BCUT2D eigenvalue weighted by Gasteiger charge is -2.16. The van der Waals surface area contributed by atoms with Crippen molar-refractivity contribution >= 4 is 21.6 Å². The maximum absolute atomic E-state index is 8.98. The van der Waals surface area contributed by atoms with Gasteiger partial charge in [0.2, 0.25) is 0 Å². The van der Waals surface area contributed by atoms with Gasteiger partial charge >= 0.3 is 0 Å². The summed E-state index contributed by atoms with van der Waals surface area (Å²) >= 11 is 3.32. The highest BCUT2D eigenvalue weighted by atomic mass is 79.9. The Morgan fingerprint density at radius 1 is 1.44 bits per heavy atom. The van der Waals surface area contributed by atoms with Crippen LogP contribution in [0, 0.1) is 22.7 Å². The van der Waals surface area contributed by atoms with E-state index in [1.807, 2.05) is 19.1 Å². The summed E-state index contributed by atoms with van der Waals surface area (Å²) in [5.74, 6) is 0. The summed E-state index contributed by atoms with van der Waals surface area (Å²) in [5.41, 5.74) is 1.37. The second kappa shape index (κ2) is 6.15. The second-order valence-corrected chi connectivity index (χ2v) is 4.33. The Labute approximate surface area is 104 Å². The molecular weight excluding hydrogens is 266 g/mol. The van der Waals surface area contributed by atoms with E-state index < -0.39 is 0 Å². The number of anilines is 1. The van der Waals surface area contributed by atoms with Crippen LogP contribution in [0.2, 0.25) is 0 Å². The molecule has 0 spiro atoms. The summed E-state index contributed by atoms with van der Waals surface area (Å²) in [5, 5.41) is 20.8. The van der Waals surface area contributed by atoms with Crippen molar-refractivity contribution in [3.05, 3.63) is 28.2 Å². The minimum Gasteiger partial charge on any atom is -0.380 e. The van der Waals surface area contributed by atoms with Gasteiger partial charge in [0.1, 0.15) is 6.07 Å². The molecule has 4 heteroatoms. The van der Waals surface area contributed by atoms with Gasteiger partial charge in [-0.3, -0.25) is 0 Å². The molecule has 0 aliphatic heterocycles. The van der Waals surface area contributed by atoms with Gasteiger partial charge < -0.3 is 5.32 Å². The summed E-state index contributed by atoms with van der Waals surface area (Å²) in [6, 6.07) is 9.85. The number of rotatable bonds is 4. The molecule has 16 heavy (non-hydrogen) atoms. The first kappa shape index (κ1) is 12.5. The third-order valence-corrected chi connectivity index (χ3v) is 2.79. The third kappa shape index (κ3) is 3.25. The van der Waals surface area contributed by atoms with E-state index >= 15 is 0 Å². The lowest BCUT2D eigenvalue weighted by Crippen LogP contribution is -2.18. The van der Waals surface area contributed by atoms with Crippen molar-refractivity contribution in [1.82, 2.24) is 0 Å². The number of nitrogens with one attached hydrogen (secondary N) is 1. The topological polar surface area (TPSA) is 59.6 Å². The molecule has 0 aliphatic rings. The standard InChI is InChI=1S/C12H12BrN3/c1-2-11(5-6-14)16-12-4-3-10(13)7-9(12)8-15/h3-4,7,11,16H,2,5H2,1H3. The van der Waals surface area contributed by atoms with E-state index in [4.69, 9.17) is 10.5 Å². The van der Waals surface area contributed by atoms with E-state index in [1.54, 1.807) is 6.07 Å². The van der Waals surface area contributed by atoms with E-state index in [9.17, 15) is 0 Å². The van der Waals surface area contributed by atoms with Crippen LogP contribution in [0.4, 0.5) is 5.69 Å². The smallest absolute Gasteiger partial charge is 0.101 e. The maximum atomic E-state index is 8.98. The van der Waals surface area contributed by atoms with Crippen molar-refractivity contribution in [2.45, 2.75) is 25.8 Å². The average molecular weight is 278 g/mol. The predicted octanol–water partition coefficient (Wildman–Crippen LogP) is 3.42. The van der Waals surface area contributed by atoms with Gasteiger partial charge in [-0.25, -0.2) is 0 Å². The third-order valence-electron chi connectivity index (χ3n) is 2.29. The van der Waals surface area contributed by atoms with Crippen molar-refractivity contribution in [2.75, 3.05) is 5.32 Å².